The van der Waals surface area contributed by atoms with Crippen molar-refractivity contribution in [1.82, 2.24) is 19.4 Å². The van der Waals surface area contributed by atoms with Crippen molar-refractivity contribution >= 4 is 28.4 Å². The molecule has 2 N–H and O–H groups in total. The minimum absolute atomic E-state index is 0.121. The number of rotatable bonds is 4. The molecule has 5 rings (SSSR count). The van der Waals surface area contributed by atoms with Gasteiger partial charge >= 0.3 is 0 Å². The van der Waals surface area contributed by atoms with Gasteiger partial charge < -0.3 is 24.8 Å². The number of amides is 1. The Hall–Kier alpha value is -3.99. The number of nitrogens with zero attached hydrogens (tertiary/aromatic N) is 5. The third-order valence-electron chi connectivity index (χ3n) is 6.19. The van der Waals surface area contributed by atoms with Gasteiger partial charge in [-0.2, -0.15) is 0 Å². The fourth-order valence-corrected chi connectivity index (χ4v) is 4.55. The second-order valence-corrected chi connectivity index (χ2v) is 8.23. The number of likely N-dealkylation sites (tertiary alicyclic amines) is 1. The fourth-order valence-electron chi connectivity index (χ4n) is 4.55. The predicted molar refractivity (Wildman–Crippen MR) is 128 cm³/mol. The fraction of sp³-hybridized carbons (Fsp3) is 0.320. The third kappa shape index (κ3) is 4.10. The number of hydrogen-bond acceptors (Lipinski definition) is 6. The quantitative estimate of drug-likeness (QED) is 0.625. The lowest BCUT2D eigenvalue weighted by Gasteiger charge is -2.27. The van der Waals surface area contributed by atoms with Crippen LogP contribution in [0.1, 0.15) is 25.8 Å². The molecule has 8 heteroatoms. The number of fused-ring (bicyclic) bond motifs is 1. The normalized spacial score (nSPS) is 18.1. The molecule has 3 aromatic rings. The number of anilines is 2. The van der Waals surface area contributed by atoms with E-state index in [1.807, 2.05) is 30.3 Å². The van der Waals surface area contributed by atoms with Crippen LogP contribution < -0.4 is 15.4 Å². The molecule has 1 amide bonds. The van der Waals surface area contributed by atoms with Crippen molar-refractivity contribution in [2.75, 3.05) is 36.8 Å². The van der Waals surface area contributed by atoms with Gasteiger partial charge in [0.25, 0.3) is 5.91 Å². The van der Waals surface area contributed by atoms with Crippen molar-refractivity contribution in [2.45, 2.75) is 25.8 Å². The molecule has 168 valence electrons. The number of carbonyl (C=O) groups excluding carboxylic acids is 1. The number of nitrogens with two attached hydrogens (primary N) is 1. The Balaban J connectivity index is 1.40. The molecular weight excluding hydrogens is 416 g/mol. The Morgan fingerprint density at radius 1 is 1.21 bits per heavy atom. The first-order chi connectivity index (χ1) is 16.1. The van der Waals surface area contributed by atoms with Crippen LogP contribution in [0.15, 0.2) is 54.7 Å². The van der Waals surface area contributed by atoms with Gasteiger partial charge in [-0.1, -0.05) is 24.1 Å². The molecule has 0 saturated carbocycles. The van der Waals surface area contributed by atoms with Gasteiger partial charge in [0.2, 0.25) is 0 Å². The van der Waals surface area contributed by atoms with Gasteiger partial charge in [0.15, 0.2) is 0 Å². The lowest BCUT2D eigenvalue weighted by atomic mass is 10.2. The van der Waals surface area contributed by atoms with E-state index in [1.165, 1.54) is 6.33 Å². The molecule has 0 spiro atoms. The second-order valence-electron chi connectivity index (χ2n) is 8.23. The van der Waals surface area contributed by atoms with Gasteiger partial charge in [-0.3, -0.25) is 4.79 Å². The first-order valence-electron chi connectivity index (χ1n) is 11.1. The van der Waals surface area contributed by atoms with Crippen molar-refractivity contribution in [3.05, 3.63) is 54.7 Å². The van der Waals surface area contributed by atoms with Gasteiger partial charge in [-0.05, 0) is 37.5 Å². The van der Waals surface area contributed by atoms with Gasteiger partial charge in [-0.15, -0.1) is 0 Å². The minimum atomic E-state index is -0.127. The van der Waals surface area contributed by atoms with Gasteiger partial charge in [0, 0.05) is 38.8 Å². The predicted octanol–water partition coefficient (Wildman–Crippen LogP) is 2.98. The smallest absolute Gasteiger partial charge is 0.298 e. The number of hydrogen-bond donors (Lipinski definition) is 1. The van der Waals surface area contributed by atoms with Crippen LogP contribution in [0.4, 0.5) is 11.5 Å². The molecule has 0 radical (unpaired) electrons. The summed E-state index contributed by atoms with van der Waals surface area (Å²) in [5.74, 6) is 7.48. The van der Waals surface area contributed by atoms with Crippen molar-refractivity contribution in [3.63, 3.8) is 0 Å². The number of para-hydroxylation sites is 1. The highest BCUT2D eigenvalue weighted by Gasteiger charge is 2.30. The Labute approximate surface area is 192 Å². The largest absolute Gasteiger partial charge is 0.462 e. The Morgan fingerprint density at radius 3 is 2.82 bits per heavy atom. The van der Waals surface area contributed by atoms with Crippen LogP contribution in [-0.2, 0) is 4.79 Å². The van der Waals surface area contributed by atoms with E-state index in [0.717, 1.165) is 47.6 Å². The molecule has 1 saturated heterocycles. The average Bonchev–Trinajstić information content (AvgIpc) is 3.47. The standard InChI is InChI=1S/C25H26N6O2/c1-2-6-22(32)30-12-9-18(15-30)31-16-21(23-24(26)27-17-28-25(23)31)29-13-10-20(11-14-29)33-19-7-4-3-5-8-19/h3-5,7-8,10,16-18H,9,11-15H2,1H3,(H2,26,27,28). The molecule has 1 atom stereocenters. The van der Waals surface area contributed by atoms with Crippen LogP contribution in [0.3, 0.4) is 0 Å². The maximum atomic E-state index is 12.2. The molecule has 4 heterocycles. The van der Waals surface area contributed by atoms with E-state index in [4.69, 9.17) is 10.5 Å². The monoisotopic (exact) mass is 442 g/mol. The van der Waals surface area contributed by atoms with Crippen molar-refractivity contribution in [2.24, 2.45) is 0 Å². The van der Waals surface area contributed by atoms with Crippen molar-refractivity contribution < 1.29 is 9.53 Å². The summed E-state index contributed by atoms with van der Waals surface area (Å²) in [6.45, 7) is 4.47. The Bertz CT molecular complexity index is 1270. The SMILES string of the molecule is CC#CC(=O)N1CCC(n2cc(N3CC=C(Oc4ccccc4)CC3)c3c(N)ncnc32)C1. The molecule has 8 nitrogen and oxygen atoms in total. The van der Waals surface area contributed by atoms with Crippen molar-refractivity contribution in [3.8, 4) is 17.6 Å². The maximum absolute atomic E-state index is 12.2. The van der Waals surface area contributed by atoms with Gasteiger partial charge in [-0.25, -0.2) is 9.97 Å². The van der Waals surface area contributed by atoms with E-state index >= 15 is 0 Å². The summed E-state index contributed by atoms with van der Waals surface area (Å²) in [5.41, 5.74) is 8.12. The minimum Gasteiger partial charge on any atom is -0.462 e. The Kier molecular flexibility index (Phi) is 5.61. The van der Waals surface area contributed by atoms with Crippen LogP contribution in [0.2, 0.25) is 0 Å². The van der Waals surface area contributed by atoms with Crippen LogP contribution in [0.25, 0.3) is 11.0 Å². The zero-order valence-electron chi connectivity index (χ0n) is 18.6. The van der Waals surface area contributed by atoms with Crippen LogP contribution >= 0.6 is 0 Å². The molecule has 2 aliphatic rings. The number of aromatic nitrogens is 3. The van der Waals surface area contributed by atoms with Crippen LogP contribution in [-0.4, -0.2) is 51.5 Å². The molecule has 2 aliphatic heterocycles. The summed E-state index contributed by atoms with van der Waals surface area (Å²) in [4.78, 5) is 25.1. The molecule has 2 aromatic heterocycles. The summed E-state index contributed by atoms with van der Waals surface area (Å²) in [6, 6.07) is 9.95. The number of benzene rings is 1. The lowest BCUT2D eigenvalue weighted by Crippen LogP contribution is -2.29. The lowest BCUT2D eigenvalue weighted by molar-refractivity contribution is -0.124. The van der Waals surface area contributed by atoms with E-state index in [2.05, 4.69) is 43.5 Å². The second kappa shape index (κ2) is 8.87. The average molecular weight is 443 g/mol. The molecule has 1 aromatic carbocycles. The topological polar surface area (TPSA) is 89.5 Å². The van der Waals surface area contributed by atoms with E-state index in [9.17, 15) is 4.79 Å². The van der Waals surface area contributed by atoms with E-state index in [0.29, 0.717) is 25.5 Å². The van der Waals surface area contributed by atoms with E-state index in [1.54, 1.807) is 11.8 Å². The number of carbonyl (C=O) groups is 1. The molecule has 33 heavy (non-hydrogen) atoms. The molecule has 0 bridgehead atoms. The van der Waals surface area contributed by atoms with Gasteiger partial charge in [0.05, 0.1) is 17.1 Å². The first-order valence-corrected chi connectivity index (χ1v) is 11.1. The first kappa shape index (κ1) is 20.9. The highest BCUT2D eigenvalue weighted by molar-refractivity contribution is 5.99. The number of ether oxygens (including phenoxy) is 1. The molecule has 1 fully saturated rings. The van der Waals surface area contributed by atoms with E-state index < -0.39 is 0 Å². The highest BCUT2D eigenvalue weighted by Crippen LogP contribution is 2.36. The summed E-state index contributed by atoms with van der Waals surface area (Å²) in [5, 5.41) is 0.858. The molecule has 0 aliphatic carbocycles. The Morgan fingerprint density at radius 2 is 2.06 bits per heavy atom. The molecule has 1 unspecified atom stereocenters. The third-order valence-corrected chi connectivity index (χ3v) is 6.19. The zero-order valence-corrected chi connectivity index (χ0v) is 18.6. The van der Waals surface area contributed by atoms with E-state index in [-0.39, 0.29) is 11.9 Å². The van der Waals surface area contributed by atoms with Crippen LogP contribution in [0.5, 0.6) is 5.75 Å². The maximum Gasteiger partial charge on any atom is 0.298 e. The summed E-state index contributed by atoms with van der Waals surface area (Å²) < 4.78 is 8.17. The van der Waals surface area contributed by atoms with Gasteiger partial charge in [0.1, 0.15) is 29.3 Å². The summed E-state index contributed by atoms with van der Waals surface area (Å²) >= 11 is 0. The summed E-state index contributed by atoms with van der Waals surface area (Å²) in [7, 11) is 0. The van der Waals surface area contributed by atoms with Crippen LogP contribution in [0, 0.1) is 11.8 Å². The zero-order chi connectivity index (χ0) is 22.8. The van der Waals surface area contributed by atoms with Crippen molar-refractivity contribution in [1.29, 1.82) is 0 Å². The number of nitrogen functional groups attached to an aromatic ring is 1. The highest BCUT2D eigenvalue weighted by atomic mass is 16.5. The summed E-state index contributed by atoms with van der Waals surface area (Å²) in [6.07, 6.45) is 7.35. The molecular formula is C25H26N6O2.